The Bertz CT molecular complexity index is 1070. The lowest BCUT2D eigenvalue weighted by Gasteiger charge is -2.31. The predicted octanol–water partition coefficient (Wildman–Crippen LogP) is 4.78. The van der Waals surface area contributed by atoms with Gasteiger partial charge in [-0.15, -0.1) is 0 Å². The van der Waals surface area contributed by atoms with E-state index in [2.05, 4.69) is 0 Å². The molecule has 2 aromatic carbocycles. The summed E-state index contributed by atoms with van der Waals surface area (Å²) in [4.78, 5) is 30.0. The fourth-order valence-electron chi connectivity index (χ4n) is 4.65. The van der Waals surface area contributed by atoms with E-state index in [4.69, 9.17) is 16.3 Å². The second-order valence-corrected chi connectivity index (χ2v) is 8.89. The predicted molar refractivity (Wildman–Crippen MR) is 125 cm³/mol. The quantitative estimate of drug-likeness (QED) is 0.400. The summed E-state index contributed by atoms with van der Waals surface area (Å²) in [5.41, 5.74) is 2.28. The summed E-state index contributed by atoms with van der Waals surface area (Å²) in [7, 11) is 5.39. The first-order valence-electron chi connectivity index (χ1n) is 10.7. The molecule has 1 saturated heterocycles. The third kappa shape index (κ3) is 3.84. The number of carbonyl (C=O) groups excluding carboxylic acids is 2. The molecule has 7 heteroatoms. The van der Waals surface area contributed by atoms with Gasteiger partial charge in [-0.1, -0.05) is 36.6 Å². The average molecular weight is 455 g/mol. The first-order chi connectivity index (χ1) is 15.3. The van der Waals surface area contributed by atoms with Crippen LogP contribution in [0.25, 0.3) is 5.76 Å². The van der Waals surface area contributed by atoms with Gasteiger partial charge in [0.25, 0.3) is 11.7 Å². The van der Waals surface area contributed by atoms with Crippen LogP contribution in [0.2, 0.25) is 5.02 Å². The van der Waals surface area contributed by atoms with Crippen molar-refractivity contribution in [1.29, 1.82) is 0 Å². The lowest BCUT2D eigenvalue weighted by molar-refractivity contribution is -0.141. The van der Waals surface area contributed by atoms with Gasteiger partial charge in [-0.25, -0.2) is 0 Å². The Morgan fingerprint density at radius 2 is 1.75 bits per heavy atom. The van der Waals surface area contributed by atoms with Crippen LogP contribution in [0.3, 0.4) is 0 Å². The van der Waals surface area contributed by atoms with Gasteiger partial charge >= 0.3 is 0 Å². The number of hydrogen-bond acceptors (Lipinski definition) is 5. The number of ketones is 1. The van der Waals surface area contributed by atoms with E-state index in [-0.39, 0.29) is 17.4 Å². The van der Waals surface area contributed by atoms with Gasteiger partial charge in [0.1, 0.15) is 11.5 Å². The smallest absolute Gasteiger partial charge is 0.295 e. The summed E-state index contributed by atoms with van der Waals surface area (Å²) in [5.74, 6) is -1.06. The van der Waals surface area contributed by atoms with Crippen molar-refractivity contribution in [2.24, 2.45) is 0 Å². The second-order valence-electron chi connectivity index (χ2n) is 8.48. The Morgan fingerprint density at radius 1 is 1.09 bits per heavy atom. The fourth-order valence-corrected chi connectivity index (χ4v) is 4.85. The van der Waals surface area contributed by atoms with Crippen LogP contribution in [0.15, 0.2) is 48.0 Å². The minimum atomic E-state index is -0.662. The highest BCUT2D eigenvalue weighted by Crippen LogP contribution is 2.44. The van der Waals surface area contributed by atoms with Crippen molar-refractivity contribution in [3.63, 3.8) is 0 Å². The van der Waals surface area contributed by atoms with Crippen molar-refractivity contribution < 1.29 is 19.4 Å². The van der Waals surface area contributed by atoms with Crippen LogP contribution in [-0.4, -0.2) is 48.9 Å². The molecule has 1 heterocycles. The summed E-state index contributed by atoms with van der Waals surface area (Å²) in [6.07, 6.45) is 3.75. The molecule has 4 rings (SSSR count). The van der Waals surface area contributed by atoms with E-state index < -0.39 is 17.7 Å². The molecule has 6 nitrogen and oxygen atoms in total. The van der Waals surface area contributed by atoms with Gasteiger partial charge in [0.2, 0.25) is 0 Å². The van der Waals surface area contributed by atoms with E-state index in [0.717, 1.165) is 36.9 Å². The number of ether oxygens (including phenoxy) is 1. The van der Waals surface area contributed by atoms with Gasteiger partial charge in [0, 0.05) is 31.4 Å². The molecule has 0 radical (unpaired) electrons. The normalized spacial score (nSPS) is 20.8. The van der Waals surface area contributed by atoms with Crippen LogP contribution in [0, 0.1) is 0 Å². The number of methoxy groups -OCH3 is 1. The Hall–Kier alpha value is -2.99. The second kappa shape index (κ2) is 8.87. The van der Waals surface area contributed by atoms with Crippen LogP contribution in [-0.2, 0) is 9.59 Å². The number of hydrogen-bond donors (Lipinski definition) is 1. The maximum atomic E-state index is 13.2. The number of anilines is 1. The van der Waals surface area contributed by atoms with Crippen LogP contribution >= 0.6 is 11.6 Å². The number of amides is 1. The van der Waals surface area contributed by atoms with Crippen LogP contribution < -0.4 is 9.64 Å². The van der Waals surface area contributed by atoms with Gasteiger partial charge < -0.3 is 19.6 Å². The minimum absolute atomic E-state index is 0.0185. The van der Waals surface area contributed by atoms with Gasteiger partial charge in [-0.2, -0.15) is 0 Å². The van der Waals surface area contributed by atoms with Crippen LogP contribution in [0.1, 0.15) is 42.9 Å². The van der Waals surface area contributed by atoms with E-state index in [9.17, 15) is 14.7 Å². The van der Waals surface area contributed by atoms with Crippen LogP contribution in [0.4, 0.5) is 5.69 Å². The third-order valence-corrected chi connectivity index (χ3v) is 6.66. The van der Waals surface area contributed by atoms with Gasteiger partial charge in [-0.3, -0.25) is 9.59 Å². The molecule has 1 unspecified atom stereocenters. The zero-order chi connectivity index (χ0) is 23.0. The summed E-state index contributed by atoms with van der Waals surface area (Å²) in [5, 5.41) is 11.6. The number of nitrogens with zero attached hydrogens (tertiary/aromatic N) is 2. The topological polar surface area (TPSA) is 70.1 Å². The van der Waals surface area contributed by atoms with Crippen molar-refractivity contribution >= 4 is 34.7 Å². The molecular formula is C25H27ClN2O4. The number of benzene rings is 2. The highest BCUT2D eigenvalue weighted by molar-refractivity contribution is 6.46. The number of halogens is 1. The molecular weight excluding hydrogens is 428 g/mol. The number of aliphatic hydroxyl groups excluding tert-OH is 1. The Kier molecular flexibility index (Phi) is 6.15. The molecule has 32 heavy (non-hydrogen) atoms. The molecule has 2 aromatic rings. The summed E-state index contributed by atoms with van der Waals surface area (Å²) < 4.78 is 5.26. The lowest BCUT2D eigenvalue weighted by Crippen LogP contribution is -2.37. The Labute approximate surface area is 193 Å². The standard InChI is InChI=1S/C25H27ClN2O4/c1-27(2)17-11-8-15(9-12-17)22-21(23(29)16-10-13-19(26)20(14-16)32-3)24(30)25(31)28(22)18-6-4-5-7-18/h8-14,18,22,29H,4-7H2,1-3H3/b23-21-. The minimum Gasteiger partial charge on any atom is -0.507 e. The number of aliphatic hydroxyl groups is 1. The van der Waals surface area contributed by atoms with Crippen molar-refractivity contribution in [2.75, 3.05) is 26.1 Å². The molecule has 0 aromatic heterocycles. The van der Waals surface area contributed by atoms with Crippen molar-refractivity contribution in [3.05, 3.63) is 64.2 Å². The van der Waals surface area contributed by atoms with Crippen LogP contribution in [0.5, 0.6) is 5.75 Å². The average Bonchev–Trinajstić information content (AvgIpc) is 3.40. The largest absolute Gasteiger partial charge is 0.507 e. The molecule has 1 aliphatic carbocycles. The molecule has 1 saturated carbocycles. The number of carbonyl (C=O) groups is 2. The molecule has 1 aliphatic heterocycles. The highest BCUT2D eigenvalue weighted by Gasteiger charge is 2.49. The zero-order valence-electron chi connectivity index (χ0n) is 18.5. The molecule has 1 N–H and O–H groups in total. The van der Waals surface area contributed by atoms with E-state index in [0.29, 0.717) is 16.3 Å². The first-order valence-corrected chi connectivity index (χ1v) is 11.1. The molecule has 0 spiro atoms. The SMILES string of the molecule is COc1cc(/C(O)=C2/C(=O)C(=O)N(C3CCCC3)C2c2ccc(N(C)C)cc2)ccc1Cl. The van der Waals surface area contributed by atoms with E-state index in [1.807, 2.05) is 43.3 Å². The molecule has 2 aliphatic rings. The first kappa shape index (κ1) is 22.2. The van der Waals surface area contributed by atoms with Crippen molar-refractivity contribution in [2.45, 2.75) is 37.8 Å². The highest BCUT2D eigenvalue weighted by atomic mass is 35.5. The maximum absolute atomic E-state index is 13.2. The van der Waals surface area contributed by atoms with E-state index in [1.54, 1.807) is 23.1 Å². The number of rotatable bonds is 5. The zero-order valence-corrected chi connectivity index (χ0v) is 19.2. The Morgan fingerprint density at radius 3 is 2.34 bits per heavy atom. The Balaban J connectivity index is 1.87. The molecule has 1 atom stereocenters. The van der Waals surface area contributed by atoms with E-state index in [1.165, 1.54) is 7.11 Å². The summed E-state index contributed by atoms with van der Waals surface area (Å²) >= 11 is 6.13. The molecule has 1 amide bonds. The monoisotopic (exact) mass is 454 g/mol. The van der Waals surface area contributed by atoms with Crippen molar-refractivity contribution in [3.8, 4) is 5.75 Å². The fraction of sp³-hybridized carbons (Fsp3) is 0.360. The lowest BCUT2D eigenvalue weighted by atomic mass is 9.94. The molecule has 2 fully saturated rings. The summed E-state index contributed by atoms with van der Waals surface area (Å²) in [6, 6.07) is 11.9. The van der Waals surface area contributed by atoms with Crippen molar-refractivity contribution in [1.82, 2.24) is 4.90 Å². The molecule has 0 bridgehead atoms. The summed E-state index contributed by atoms with van der Waals surface area (Å²) in [6.45, 7) is 0. The van der Waals surface area contributed by atoms with Gasteiger partial charge in [-0.05, 0) is 48.7 Å². The van der Waals surface area contributed by atoms with E-state index >= 15 is 0 Å². The van der Waals surface area contributed by atoms with Gasteiger partial charge in [0.05, 0.1) is 23.7 Å². The van der Waals surface area contributed by atoms with Gasteiger partial charge in [0.15, 0.2) is 0 Å². The number of likely N-dealkylation sites (tertiary alicyclic amines) is 1. The maximum Gasteiger partial charge on any atom is 0.295 e. The number of Topliss-reactive ketones (excluding diaryl/α,β-unsaturated/α-hetero) is 1. The molecule has 168 valence electrons. The third-order valence-electron chi connectivity index (χ3n) is 6.35.